The predicted molar refractivity (Wildman–Crippen MR) is 21.4 cm³/mol. The van der Waals surface area contributed by atoms with E-state index in [0.717, 1.165) is 0 Å². The molecule has 0 rings (SSSR count). The third kappa shape index (κ3) is 10.6. The normalized spacial score (nSPS) is 0. The van der Waals surface area contributed by atoms with Crippen LogP contribution in [0.25, 0.3) is 0 Å². The van der Waals surface area contributed by atoms with Gasteiger partial charge in [0.25, 0.3) is 0 Å². The molecule has 0 N–H and O–H groups in total. The Morgan fingerprint density at radius 3 is 0.500 bits per heavy atom. The Morgan fingerprint density at radius 2 is 0.500 bits per heavy atom. The van der Waals surface area contributed by atoms with Gasteiger partial charge in [0.2, 0.25) is 0 Å². The molecule has 0 heterocycles. The second-order valence-corrected chi connectivity index (χ2v) is 0. The maximum atomic E-state index is 0. The molecule has 17 valence electrons. The molecule has 1 radical (unpaired) electrons. The van der Waals surface area contributed by atoms with Gasteiger partial charge in [-0.2, -0.15) is 0 Å². The van der Waals surface area contributed by atoms with Crippen LogP contribution in [0.1, 0.15) is 0 Å². The molecule has 0 saturated heterocycles. The maximum absolute atomic E-state index is 0. The number of hydrogen-bond donors (Lipinski definition) is 0. The van der Waals surface area contributed by atoms with Gasteiger partial charge in [-0.25, -0.2) is 0 Å². The first kappa shape index (κ1) is 22.6. The summed E-state index contributed by atoms with van der Waals surface area (Å²) in [4.78, 5) is 0. The van der Waals surface area contributed by atoms with Crippen molar-refractivity contribution in [3.63, 3.8) is 0 Å². The van der Waals surface area contributed by atoms with Crippen LogP contribution >= 0.6 is 0 Å². The van der Waals surface area contributed by atoms with Gasteiger partial charge in [-0.3, -0.25) is 0 Å². The third-order valence-corrected chi connectivity index (χ3v) is 0. The van der Waals surface area contributed by atoms with E-state index in [4.69, 9.17) is 0 Å². The molecule has 0 unspecified atom stereocenters. The van der Waals surface area contributed by atoms with Gasteiger partial charge >= 0.3 is 154 Å². The first-order valence-corrected chi connectivity index (χ1v) is 0. The summed E-state index contributed by atoms with van der Waals surface area (Å²) in [6.07, 6.45) is 0. The van der Waals surface area contributed by atoms with E-state index in [9.17, 15) is 0 Å². The van der Waals surface area contributed by atoms with E-state index >= 15 is 0 Å². The third-order valence-electron chi connectivity index (χ3n) is 0. The summed E-state index contributed by atoms with van der Waals surface area (Å²) in [6, 6.07) is 0. The molecule has 0 saturated carbocycles. The van der Waals surface area contributed by atoms with Gasteiger partial charge in [-0.1, -0.05) is 0 Å². The van der Waals surface area contributed by atoms with Crippen LogP contribution in [0.3, 0.4) is 0 Å². The molecular formula is H3AgK3. The quantitative estimate of drug-likeness (QED) is 0.423. The number of hydrogen-bond acceptors (Lipinski definition) is 0. The Labute approximate surface area is 170 Å². The van der Waals surface area contributed by atoms with Crippen molar-refractivity contribution >= 4 is 154 Å². The van der Waals surface area contributed by atoms with Crippen molar-refractivity contribution in [1.29, 1.82) is 0 Å². The van der Waals surface area contributed by atoms with Crippen molar-refractivity contribution in [2.45, 2.75) is 0 Å². The summed E-state index contributed by atoms with van der Waals surface area (Å²) in [5, 5.41) is 0. The summed E-state index contributed by atoms with van der Waals surface area (Å²) < 4.78 is 0. The molecule has 0 bridgehead atoms. The fraction of sp³-hybridized carbons (Fsp3) is 0. The Balaban J connectivity index is 0. The molecule has 0 aliphatic carbocycles. The first-order valence-electron chi connectivity index (χ1n) is 0. The fourth-order valence-electron chi connectivity index (χ4n) is 0. The minimum atomic E-state index is 0. The van der Waals surface area contributed by atoms with E-state index in [0.29, 0.717) is 0 Å². The van der Waals surface area contributed by atoms with E-state index in [1.807, 2.05) is 0 Å². The van der Waals surface area contributed by atoms with Gasteiger partial charge < -0.3 is 0 Å². The van der Waals surface area contributed by atoms with E-state index in [1.165, 1.54) is 0 Å². The minimum absolute atomic E-state index is 0. The van der Waals surface area contributed by atoms with Crippen molar-refractivity contribution in [2.75, 3.05) is 0 Å². The zero-order valence-electron chi connectivity index (χ0n) is 0.302. The van der Waals surface area contributed by atoms with Crippen molar-refractivity contribution in [2.24, 2.45) is 0 Å². The summed E-state index contributed by atoms with van der Waals surface area (Å²) in [5.41, 5.74) is 0. The first-order chi connectivity index (χ1) is 0. The molecule has 0 atom stereocenters. The van der Waals surface area contributed by atoms with Crippen LogP contribution in [0.2, 0.25) is 0 Å². The average Bonchev–Trinajstić information content (AvgIpc) is 0. The summed E-state index contributed by atoms with van der Waals surface area (Å²) in [6.45, 7) is 0. The second-order valence-electron chi connectivity index (χ2n) is 0. The molecule has 0 aromatic heterocycles. The van der Waals surface area contributed by atoms with Gasteiger partial charge in [0.1, 0.15) is 0 Å². The van der Waals surface area contributed by atoms with Crippen molar-refractivity contribution in [1.82, 2.24) is 0 Å². The molecule has 0 aliphatic heterocycles. The zero-order valence-corrected chi connectivity index (χ0v) is 1.78. The standard InChI is InChI=1S/Ag.3K.3H. The van der Waals surface area contributed by atoms with Crippen LogP contribution in [0.5, 0.6) is 0 Å². The Morgan fingerprint density at radius 1 is 0.500 bits per heavy atom. The van der Waals surface area contributed by atoms with Crippen molar-refractivity contribution in [3.05, 3.63) is 0 Å². The van der Waals surface area contributed by atoms with Gasteiger partial charge in [0.05, 0.1) is 0 Å². The fourth-order valence-corrected chi connectivity index (χ4v) is 0. The molecular weight excluding hydrogens is 225 g/mol. The summed E-state index contributed by atoms with van der Waals surface area (Å²) in [7, 11) is 0. The Bertz CT molecular complexity index is 3.25. The summed E-state index contributed by atoms with van der Waals surface area (Å²) in [5.74, 6) is 0. The van der Waals surface area contributed by atoms with Crippen LogP contribution in [-0.2, 0) is 22.4 Å². The van der Waals surface area contributed by atoms with Gasteiger partial charge in [0.15, 0.2) is 0 Å². The van der Waals surface area contributed by atoms with Crippen molar-refractivity contribution < 1.29 is 22.4 Å². The Hall–Kier alpha value is 5.65. The van der Waals surface area contributed by atoms with E-state index in [-0.39, 0.29) is 177 Å². The monoisotopic (exact) mass is 227 g/mol. The van der Waals surface area contributed by atoms with Gasteiger partial charge in [0, 0.05) is 22.4 Å². The molecule has 4 heavy (non-hydrogen) atoms. The Kier molecular flexibility index (Phi) is 89.7. The molecule has 0 nitrogen and oxygen atoms in total. The molecule has 0 aromatic rings. The van der Waals surface area contributed by atoms with Gasteiger partial charge in [-0.15, -0.1) is 0 Å². The second kappa shape index (κ2) is 15.9. The van der Waals surface area contributed by atoms with E-state index in [1.54, 1.807) is 0 Å². The molecule has 0 aliphatic rings. The van der Waals surface area contributed by atoms with Crippen molar-refractivity contribution in [3.8, 4) is 0 Å². The SMILES string of the molecule is [Ag].[KH].[KH].[KH]. The topological polar surface area (TPSA) is 0 Å². The van der Waals surface area contributed by atoms with E-state index < -0.39 is 0 Å². The van der Waals surface area contributed by atoms with Gasteiger partial charge in [-0.05, 0) is 0 Å². The van der Waals surface area contributed by atoms with E-state index in [2.05, 4.69) is 0 Å². The summed E-state index contributed by atoms with van der Waals surface area (Å²) >= 11 is 0. The average molecular weight is 228 g/mol. The van der Waals surface area contributed by atoms with Crippen LogP contribution in [0.4, 0.5) is 0 Å². The van der Waals surface area contributed by atoms with Crippen LogP contribution in [-0.4, -0.2) is 154 Å². The molecule has 0 aromatic carbocycles. The molecule has 4 heteroatoms. The predicted octanol–water partition coefficient (Wildman–Crippen LogP) is -1.95. The number of rotatable bonds is 0. The van der Waals surface area contributed by atoms with Crippen LogP contribution in [0, 0.1) is 0 Å². The zero-order chi connectivity index (χ0) is 0. The van der Waals surface area contributed by atoms with Crippen LogP contribution in [0.15, 0.2) is 0 Å². The molecule has 0 fully saturated rings. The van der Waals surface area contributed by atoms with Crippen LogP contribution < -0.4 is 0 Å². The molecule has 0 amide bonds. The molecule has 0 spiro atoms.